The van der Waals surface area contributed by atoms with Gasteiger partial charge in [0, 0.05) is 6.54 Å². The first-order valence-corrected chi connectivity index (χ1v) is 8.87. The van der Waals surface area contributed by atoms with Gasteiger partial charge in [-0.25, -0.2) is 13.0 Å². The van der Waals surface area contributed by atoms with E-state index in [2.05, 4.69) is 14.9 Å². The van der Waals surface area contributed by atoms with Crippen molar-refractivity contribution in [1.82, 2.24) is 10.3 Å². The Labute approximate surface area is 134 Å². The van der Waals surface area contributed by atoms with E-state index in [4.69, 9.17) is 0 Å². The quantitative estimate of drug-likeness (QED) is 0.693. The Morgan fingerprint density at radius 1 is 1.04 bits per heavy atom. The Balaban J connectivity index is 2.12. The summed E-state index contributed by atoms with van der Waals surface area (Å²) in [5.41, 5.74) is 1.31. The Morgan fingerprint density at radius 2 is 1.83 bits per heavy atom. The molecule has 3 aromatic rings. The molecule has 1 heterocycles. The van der Waals surface area contributed by atoms with Crippen molar-refractivity contribution in [3.63, 3.8) is 0 Å². The Morgan fingerprint density at radius 3 is 2.57 bits per heavy atom. The zero-order valence-corrected chi connectivity index (χ0v) is 13.5. The van der Waals surface area contributed by atoms with Crippen LogP contribution >= 0.6 is 0 Å². The molecule has 23 heavy (non-hydrogen) atoms. The molecule has 0 aliphatic heterocycles. The minimum absolute atomic E-state index is 0.108. The second-order valence-electron chi connectivity index (χ2n) is 5.15. The van der Waals surface area contributed by atoms with E-state index in [1.807, 2.05) is 25.1 Å². The molecule has 0 saturated heterocycles. The predicted molar refractivity (Wildman–Crippen MR) is 87.7 cm³/mol. The van der Waals surface area contributed by atoms with Crippen LogP contribution in [-0.2, 0) is 10.0 Å². The van der Waals surface area contributed by atoms with E-state index in [0.717, 1.165) is 12.8 Å². The fourth-order valence-corrected chi connectivity index (χ4v) is 4.04. The lowest BCUT2D eigenvalue weighted by Gasteiger charge is -2.24. The van der Waals surface area contributed by atoms with Crippen molar-refractivity contribution in [2.75, 3.05) is 10.8 Å². The number of hydrogen-bond acceptors (Lipinski definition) is 5. The fourth-order valence-electron chi connectivity index (χ4n) is 2.39. The molecule has 2 aromatic carbocycles. The lowest BCUT2D eigenvalue weighted by molar-refractivity contribution is 0.315. The molecule has 0 N–H and O–H groups in total. The van der Waals surface area contributed by atoms with Crippen LogP contribution in [0.1, 0.15) is 19.8 Å². The van der Waals surface area contributed by atoms with E-state index < -0.39 is 10.0 Å². The van der Waals surface area contributed by atoms with Crippen molar-refractivity contribution in [2.45, 2.75) is 24.7 Å². The van der Waals surface area contributed by atoms with Crippen molar-refractivity contribution in [3.8, 4) is 0 Å². The number of hydrogen-bond donors (Lipinski definition) is 0. The molecular formula is C16H17N3O3S. The number of benzene rings is 2. The molecule has 0 aliphatic carbocycles. The average Bonchev–Trinajstić information content (AvgIpc) is 3.04. The number of nitrogens with zero attached hydrogens (tertiary/aromatic N) is 3. The Hall–Kier alpha value is -2.41. The molecule has 120 valence electrons. The van der Waals surface area contributed by atoms with E-state index >= 15 is 0 Å². The van der Waals surface area contributed by atoms with Crippen molar-refractivity contribution in [3.05, 3.63) is 48.5 Å². The van der Waals surface area contributed by atoms with Crippen LogP contribution in [0.5, 0.6) is 0 Å². The minimum Gasteiger partial charge on any atom is -0.266 e. The first-order valence-electron chi connectivity index (χ1n) is 7.43. The topological polar surface area (TPSA) is 76.3 Å². The summed E-state index contributed by atoms with van der Waals surface area (Å²) in [5, 5.41) is 7.47. The Bertz CT molecular complexity index is 891. The Kier molecular flexibility index (Phi) is 4.29. The second kappa shape index (κ2) is 6.37. The lowest BCUT2D eigenvalue weighted by Crippen LogP contribution is -2.32. The molecule has 0 amide bonds. The van der Waals surface area contributed by atoms with Gasteiger partial charge in [0.2, 0.25) is 0 Å². The van der Waals surface area contributed by atoms with Gasteiger partial charge in [-0.05, 0) is 41.0 Å². The van der Waals surface area contributed by atoms with E-state index in [1.54, 1.807) is 24.3 Å². The third kappa shape index (κ3) is 2.92. The summed E-state index contributed by atoms with van der Waals surface area (Å²) >= 11 is 0. The van der Waals surface area contributed by atoms with Crippen LogP contribution in [0.15, 0.2) is 58.1 Å². The highest BCUT2D eigenvalue weighted by Gasteiger charge is 2.27. The van der Waals surface area contributed by atoms with Crippen LogP contribution in [0.3, 0.4) is 0 Å². The first-order chi connectivity index (χ1) is 11.1. The van der Waals surface area contributed by atoms with Crippen molar-refractivity contribution in [1.29, 1.82) is 0 Å². The minimum atomic E-state index is -3.75. The molecule has 0 aliphatic rings. The van der Waals surface area contributed by atoms with E-state index in [1.165, 1.54) is 10.4 Å². The molecule has 6 nitrogen and oxygen atoms in total. The predicted octanol–water partition coefficient (Wildman–Crippen LogP) is 3.22. The molecule has 0 fully saturated rings. The van der Waals surface area contributed by atoms with Gasteiger partial charge in [-0.15, -0.1) is 0 Å². The van der Waals surface area contributed by atoms with Gasteiger partial charge in [0.1, 0.15) is 10.4 Å². The van der Waals surface area contributed by atoms with Crippen molar-refractivity contribution in [2.24, 2.45) is 0 Å². The summed E-state index contributed by atoms with van der Waals surface area (Å²) in [5.74, 6) is 0. The summed E-state index contributed by atoms with van der Waals surface area (Å²) in [7, 11) is -3.75. The first kappa shape index (κ1) is 15.5. The largest absolute Gasteiger partial charge is 0.266 e. The van der Waals surface area contributed by atoms with Gasteiger partial charge in [0.05, 0.1) is 5.69 Å². The highest BCUT2D eigenvalue weighted by Crippen LogP contribution is 2.27. The zero-order valence-electron chi connectivity index (χ0n) is 12.7. The van der Waals surface area contributed by atoms with Crippen LogP contribution in [0.2, 0.25) is 0 Å². The molecule has 0 saturated carbocycles. The molecule has 0 spiro atoms. The highest BCUT2D eigenvalue weighted by atomic mass is 32.2. The van der Waals surface area contributed by atoms with Gasteiger partial charge >= 0.3 is 0 Å². The summed E-state index contributed by atoms with van der Waals surface area (Å²) in [6.45, 7) is 2.43. The van der Waals surface area contributed by atoms with Crippen molar-refractivity contribution < 1.29 is 13.0 Å². The van der Waals surface area contributed by atoms with Gasteiger partial charge in [0.15, 0.2) is 5.52 Å². The van der Waals surface area contributed by atoms with Crippen LogP contribution in [0.25, 0.3) is 11.0 Å². The fraction of sp³-hybridized carbons (Fsp3) is 0.250. The molecule has 0 radical (unpaired) electrons. The number of anilines is 1. The van der Waals surface area contributed by atoms with Gasteiger partial charge in [0.25, 0.3) is 10.0 Å². The highest BCUT2D eigenvalue weighted by molar-refractivity contribution is 7.93. The SMILES string of the molecule is CCCCN(c1ccccc1)S(=O)(=O)c1cccc2nonc12. The maximum atomic E-state index is 13.2. The molecule has 0 unspecified atom stereocenters. The maximum Gasteiger partial charge on any atom is 0.266 e. The lowest BCUT2D eigenvalue weighted by atomic mass is 10.3. The van der Waals surface area contributed by atoms with Crippen LogP contribution in [0, 0.1) is 0 Å². The van der Waals surface area contributed by atoms with Crippen molar-refractivity contribution >= 4 is 26.7 Å². The van der Waals surface area contributed by atoms with Crippen LogP contribution < -0.4 is 4.31 Å². The van der Waals surface area contributed by atoms with Crippen LogP contribution in [-0.4, -0.2) is 25.3 Å². The number of rotatable bonds is 6. The normalized spacial score (nSPS) is 11.7. The number of para-hydroxylation sites is 1. The van der Waals surface area contributed by atoms with Gasteiger partial charge in [-0.1, -0.05) is 37.6 Å². The molecular weight excluding hydrogens is 314 g/mol. The summed E-state index contributed by atoms with van der Waals surface area (Å²) in [6.07, 6.45) is 1.66. The zero-order chi connectivity index (χ0) is 16.3. The standard InChI is InChI=1S/C16H17N3O3S/c1-2-3-12-19(13-8-5-4-6-9-13)23(20,21)15-11-7-10-14-16(15)18-22-17-14/h4-11H,2-3,12H2,1H3. The number of unbranched alkanes of at least 4 members (excludes halogenated alkanes) is 1. The second-order valence-corrected chi connectivity index (χ2v) is 6.99. The number of fused-ring (bicyclic) bond motifs is 1. The molecule has 3 rings (SSSR count). The van der Waals surface area contributed by atoms with E-state index in [9.17, 15) is 8.42 Å². The molecule has 7 heteroatoms. The third-order valence-corrected chi connectivity index (χ3v) is 5.43. The van der Waals surface area contributed by atoms with Gasteiger partial charge in [-0.3, -0.25) is 4.31 Å². The van der Waals surface area contributed by atoms with Gasteiger partial charge in [-0.2, -0.15) is 0 Å². The number of sulfonamides is 1. The molecule has 1 aromatic heterocycles. The molecule has 0 bridgehead atoms. The number of aromatic nitrogens is 2. The summed E-state index contributed by atoms with van der Waals surface area (Å²) < 4.78 is 32.4. The molecule has 0 atom stereocenters. The van der Waals surface area contributed by atoms with Gasteiger partial charge < -0.3 is 0 Å². The third-order valence-electron chi connectivity index (χ3n) is 3.58. The van der Waals surface area contributed by atoms with Crippen LogP contribution in [0.4, 0.5) is 5.69 Å². The summed E-state index contributed by atoms with van der Waals surface area (Å²) in [6, 6.07) is 13.9. The average molecular weight is 331 g/mol. The van der Waals surface area contributed by atoms with E-state index in [-0.39, 0.29) is 10.4 Å². The van der Waals surface area contributed by atoms with E-state index in [0.29, 0.717) is 17.7 Å². The maximum absolute atomic E-state index is 13.2. The summed E-state index contributed by atoms with van der Waals surface area (Å²) in [4.78, 5) is 0.108. The monoisotopic (exact) mass is 331 g/mol. The smallest absolute Gasteiger partial charge is 0.266 e.